The van der Waals surface area contributed by atoms with E-state index in [9.17, 15) is 18.3 Å². The molecule has 0 aliphatic rings. The third kappa shape index (κ3) is 6.03. The van der Waals surface area contributed by atoms with Crippen molar-refractivity contribution in [3.8, 4) is 0 Å². The molecule has 7 nitrogen and oxygen atoms in total. The van der Waals surface area contributed by atoms with Crippen LogP contribution in [-0.2, 0) is 14.8 Å². The van der Waals surface area contributed by atoms with Gasteiger partial charge in [0.05, 0.1) is 10.6 Å². The molecule has 2 rings (SSSR count). The second kappa shape index (κ2) is 9.81. The summed E-state index contributed by atoms with van der Waals surface area (Å²) in [5.41, 5.74) is 8.94. The maximum Gasteiger partial charge on any atom is 0.261 e. The van der Waals surface area contributed by atoms with Gasteiger partial charge in [0.1, 0.15) is 0 Å². The van der Waals surface area contributed by atoms with Crippen LogP contribution in [-0.4, -0.2) is 31.6 Å². The molecule has 0 saturated carbocycles. The number of sulfonamides is 1. The van der Waals surface area contributed by atoms with E-state index in [1.54, 1.807) is 37.3 Å². The number of nitrogens with one attached hydrogen (secondary N) is 3. The second-order valence-corrected chi connectivity index (χ2v) is 7.34. The fraction of sp³-hybridized carbons (Fsp3) is 0.235. The van der Waals surface area contributed by atoms with Gasteiger partial charge in [0, 0.05) is 55.9 Å². The molecular weight excluding hydrogens is 569 g/mol. The summed E-state index contributed by atoms with van der Waals surface area (Å²) in [5, 5.41) is 11.9. The van der Waals surface area contributed by atoms with Gasteiger partial charge in [0.15, 0.2) is 0 Å². The number of hydrogen-bond acceptors (Lipinski definition) is 4. The van der Waals surface area contributed by atoms with E-state index in [0.717, 1.165) is 0 Å². The van der Waals surface area contributed by atoms with Crippen molar-refractivity contribution >= 4 is 27.3 Å². The Balaban J connectivity index is 0.00000338. The smallest absolute Gasteiger partial charge is 0.261 e. The number of rotatable bonds is 6. The molecule has 1 radical (unpaired) electrons. The zero-order chi connectivity index (χ0) is 18.6. The van der Waals surface area contributed by atoms with E-state index in [0.29, 0.717) is 11.3 Å². The minimum Gasteiger partial charge on any atom is -0.665 e. The van der Waals surface area contributed by atoms with Crippen molar-refractivity contribution in [1.29, 1.82) is 0 Å². The van der Waals surface area contributed by atoms with Crippen molar-refractivity contribution in [3.05, 3.63) is 59.8 Å². The average Bonchev–Trinajstić information content (AvgIpc) is 2.57. The van der Waals surface area contributed by atoms with Crippen LogP contribution < -0.4 is 10.0 Å². The Bertz CT molecular complexity index is 858. The first-order valence-corrected chi connectivity index (χ1v) is 9.07. The Morgan fingerprint density at radius 2 is 1.77 bits per heavy atom. The number of aliphatic hydroxyl groups is 1. The monoisotopic (exact) mass is 589 g/mol. The van der Waals surface area contributed by atoms with Crippen molar-refractivity contribution in [2.45, 2.75) is 30.9 Å². The molecule has 0 unspecified atom stereocenters. The first-order chi connectivity index (χ1) is 11.7. The molecule has 4 N–H and O–H groups in total. The Labute approximate surface area is 189 Å². The summed E-state index contributed by atoms with van der Waals surface area (Å²) in [7, 11) is -3.74. The Kier molecular flexibility index (Phi) is 8.70. The topological polar surface area (TPSA) is 119 Å². The molecule has 0 aliphatic carbocycles. The van der Waals surface area contributed by atoms with E-state index >= 15 is 0 Å². The van der Waals surface area contributed by atoms with E-state index in [-0.39, 0.29) is 54.6 Å². The van der Waals surface area contributed by atoms with Gasteiger partial charge in [-0.2, -0.15) is 0 Å². The second-order valence-electron chi connectivity index (χ2n) is 5.66. The largest absolute Gasteiger partial charge is 0.665 e. The molecule has 0 aliphatic heterocycles. The maximum atomic E-state index is 12.4. The van der Waals surface area contributed by atoms with Gasteiger partial charge in [0.2, 0.25) is 5.91 Å². The van der Waals surface area contributed by atoms with E-state index in [1.165, 1.54) is 25.1 Å². The number of anilines is 2. The van der Waals surface area contributed by atoms with Crippen LogP contribution in [0.2, 0.25) is 0 Å². The molecule has 0 aromatic heterocycles. The quantitative estimate of drug-likeness (QED) is 0.480. The minimum atomic E-state index is -3.74. The Morgan fingerprint density at radius 1 is 1.15 bits per heavy atom. The fourth-order valence-corrected chi connectivity index (χ4v) is 3.13. The molecule has 0 bridgehead atoms. The molecule has 26 heavy (non-hydrogen) atoms. The summed E-state index contributed by atoms with van der Waals surface area (Å²) in [6.45, 7) is 3.10. The summed E-state index contributed by atoms with van der Waals surface area (Å²) in [6, 6.07) is 11.3. The molecule has 2 aromatic carbocycles. The summed E-state index contributed by atoms with van der Waals surface area (Å²) in [4.78, 5) is 12.1. The van der Waals surface area contributed by atoms with Gasteiger partial charge in [-0.3, -0.25) is 9.52 Å². The van der Waals surface area contributed by atoms with Crippen molar-refractivity contribution in [2.75, 3.05) is 10.0 Å². The van der Waals surface area contributed by atoms with Crippen LogP contribution in [0.4, 0.5) is 11.4 Å². The summed E-state index contributed by atoms with van der Waals surface area (Å²) in [5.74, 6) is -0.666. The van der Waals surface area contributed by atoms with Gasteiger partial charge in [-0.1, -0.05) is 24.3 Å². The van der Waals surface area contributed by atoms with E-state index in [4.69, 9.17) is 5.73 Å². The fourth-order valence-electron chi connectivity index (χ4n) is 2.06. The van der Waals surface area contributed by atoms with Crippen LogP contribution in [0, 0.1) is 51.0 Å². The zero-order valence-electron chi connectivity index (χ0n) is 14.4. The summed E-state index contributed by atoms with van der Waals surface area (Å²) < 4.78 is 27.2. The predicted molar refractivity (Wildman–Crippen MR) is 96.8 cm³/mol. The Hall–Kier alpha value is -0.978. The molecule has 0 heterocycles. The zero-order valence-corrected chi connectivity index (χ0v) is 20.0. The number of benzene rings is 2. The van der Waals surface area contributed by atoms with Crippen LogP contribution in [0.25, 0.3) is 5.73 Å². The molecule has 137 valence electrons. The summed E-state index contributed by atoms with van der Waals surface area (Å²) in [6.07, 6.45) is -1.11. The van der Waals surface area contributed by atoms with Gasteiger partial charge >= 0.3 is 0 Å². The van der Waals surface area contributed by atoms with Gasteiger partial charge < -0.3 is 16.2 Å². The van der Waals surface area contributed by atoms with Crippen molar-refractivity contribution in [3.63, 3.8) is 0 Å². The Morgan fingerprint density at radius 3 is 2.35 bits per heavy atom. The van der Waals surface area contributed by atoms with Crippen molar-refractivity contribution in [1.82, 2.24) is 0 Å². The first-order valence-electron chi connectivity index (χ1n) is 7.59. The number of carbonyl (C=O) groups is 1. The molecule has 0 saturated heterocycles. The molecule has 2 atom stereocenters. The van der Waals surface area contributed by atoms with Crippen LogP contribution in [0.15, 0.2) is 53.4 Å². The van der Waals surface area contributed by atoms with Crippen LogP contribution in [0.3, 0.4) is 0 Å². The van der Waals surface area contributed by atoms with Crippen LogP contribution in [0.5, 0.6) is 0 Å². The molecule has 0 spiro atoms. The van der Waals surface area contributed by atoms with Gasteiger partial charge in [-0.05, 0) is 49.7 Å². The normalized spacial score (nSPS) is 13.2. The molecule has 2 aromatic rings. The number of carbonyl (C=O) groups excluding carboxylic acids is 1. The van der Waals surface area contributed by atoms with Crippen molar-refractivity contribution < 1.29 is 62.4 Å². The molecule has 9 heteroatoms. The summed E-state index contributed by atoms with van der Waals surface area (Å²) >= 11 is 0. The molecule has 0 fully saturated rings. The SMILES string of the molecule is Cc1ccc(NS(=O)(=O)c2ccccc2)cc1NC(=O)[C@@H]([NH-])[C@@H](C)O.[Ac]. The standard InChI is InChI=1S/C17H20N3O4S.Ac/c1-11-8-9-13(10-15(11)19-17(22)16(18)12(2)21)20-25(23,24)14-6-4-3-5-7-14;/h3-10,12,16,18,20-21H,1-2H3,(H,19,22);/q-1;/t12-,16+;/m1./s1. The molecular formula is C17H20AcN3O4S-. The van der Waals surface area contributed by atoms with E-state index < -0.39 is 28.1 Å². The number of aliphatic hydroxyl groups excluding tert-OH is 1. The van der Waals surface area contributed by atoms with Crippen molar-refractivity contribution in [2.24, 2.45) is 0 Å². The van der Waals surface area contributed by atoms with Crippen LogP contribution in [0.1, 0.15) is 12.5 Å². The van der Waals surface area contributed by atoms with Crippen LogP contribution >= 0.6 is 0 Å². The first kappa shape index (κ1) is 23.1. The molecule has 1 amide bonds. The number of hydrogen-bond donors (Lipinski definition) is 3. The minimum absolute atomic E-state index is 0. The third-order valence-corrected chi connectivity index (χ3v) is 4.96. The third-order valence-electron chi connectivity index (χ3n) is 3.57. The number of aryl methyl sites for hydroxylation is 1. The maximum absolute atomic E-state index is 12.4. The van der Waals surface area contributed by atoms with E-state index in [1.807, 2.05) is 0 Å². The average molecular weight is 589 g/mol. The van der Waals surface area contributed by atoms with Gasteiger partial charge in [-0.15, -0.1) is 0 Å². The number of amides is 1. The predicted octanol–water partition coefficient (Wildman–Crippen LogP) is 2.54. The van der Waals surface area contributed by atoms with Gasteiger partial charge in [-0.25, -0.2) is 8.42 Å². The van der Waals surface area contributed by atoms with E-state index in [2.05, 4.69) is 10.0 Å². The van der Waals surface area contributed by atoms with Gasteiger partial charge in [0.25, 0.3) is 10.0 Å².